The number of benzene rings is 2. The Morgan fingerprint density at radius 1 is 1.04 bits per heavy atom. The molecule has 0 aromatic heterocycles. The maximum Gasteiger partial charge on any atom is 0.328 e. The van der Waals surface area contributed by atoms with Gasteiger partial charge in [-0.3, -0.25) is 4.79 Å². The average Bonchev–Trinajstić information content (AvgIpc) is 2.64. The lowest BCUT2D eigenvalue weighted by Gasteiger charge is -2.21. The fourth-order valence-electron chi connectivity index (χ4n) is 2.46. The minimum absolute atomic E-state index is 0.348. The van der Waals surface area contributed by atoms with Gasteiger partial charge in [0, 0.05) is 17.1 Å². The number of esters is 1. The molecule has 1 amide bonds. The molecule has 0 heterocycles. The number of methoxy groups -OCH3 is 2. The Hall–Kier alpha value is -1.93. The molecule has 0 aliphatic heterocycles. The summed E-state index contributed by atoms with van der Waals surface area (Å²) in [5.41, 5.74) is 1.66. The summed E-state index contributed by atoms with van der Waals surface area (Å²) in [7, 11) is 2.77. The zero-order valence-electron chi connectivity index (χ0n) is 14.1. The first-order valence-electron chi connectivity index (χ1n) is 7.75. The standard InChI is InChI=1S/C19H20INO4/c1-24-17(14-6-4-3-5-7-14)18(22)21-16(19(23)25-2)12-13-8-10-15(20)11-9-13/h3-11,16-17H,12H2,1-2H3,(H,21,22)/t16-,17+/m0/s1. The van der Waals surface area contributed by atoms with Gasteiger partial charge in [0.15, 0.2) is 6.10 Å². The maximum atomic E-state index is 12.6. The van der Waals surface area contributed by atoms with Crippen LogP contribution in [-0.4, -0.2) is 32.1 Å². The summed E-state index contributed by atoms with van der Waals surface area (Å²) < 4.78 is 11.2. The molecular weight excluding hydrogens is 433 g/mol. The number of ether oxygens (including phenoxy) is 2. The van der Waals surface area contributed by atoms with Gasteiger partial charge in [-0.1, -0.05) is 42.5 Å². The summed E-state index contributed by atoms with van der Waals surface area (Å²) >= 11 is 2.21. The van der Waals surface area contributed by atoms with Crippen LogP contribution in [0.4, 0.5) is 0 Å². The molecule has 132 valence electrons. The minimum atomic E-state index is -0.787. The smallest absolute Gasteiger partial charge is 0.328 e. The van der Waals surface area contributed by atoms with Gasteiger partial charge in [0.05, 0.1) is 7.11 Å². The normalized spacial score (nSPS) is 12.9. The summed E-state index contributed by atoms with van der Waals surface area (Å²) in [4.78, 5) is 24.7. The summed E-state index contributed by atoms with van der Waals surface area (Å²) in [6.45, 7) is 0. The topological polar surface area (TPSA) is 64.6 Å². The second-order valence-corrected chi connectivity index (χ2v) is 6.69. The molecule has 2 rings (SSSR count). The van der Waals surface area contributed by atoms with Crippen LogP contribution < -0.4 is 5.32 Å². The number of carbonyl (C=O) groups excluding carboxylic acids is 2. The number of halogens is 1. The number of nitrogens with one attached hydrogen (secondary N) is 1. The lowest BCUT2D eigenvalue weighted by atomic mass is 10.0. The van der Waals surface area contributed by atoms with Crippen molar-refractivity contribution >= 4 is 34.5 Å². The SMILES string of the molecule is COC(=O)[C@H](Cc1ccc(I)cc1)NC(=O)[C@H](OC)c1ccccc1. The van der Waals surface area contributed by atoms with Gasteiger partial charge in [-0.05, 0) is 45.9 Å². The van der Waals surface area contributed by atoms with Gasteiger partial charge in [0.2, 0.25) is 0 Å². The zero-order chi connectivity index (χ0) is 18.2. The van der Waals surface area contributed by atoms with E-state index in [0.29, 0.717) is 6.42 Å². The third-order valence-electron chi connectivity index (χ3n) is 3.73. The van der Waals surface area contributed by atoms with E-state index < -0.39 is 18.1 Å². The summed E-state index contributed by atoms with van der Waals surface area (Å²) in [5.74, 6) is -0.871. The molecule has 1 N–H and O–H groups in total. The lowest BCUT2D eigenvalue weighted by molar-refractivity contribution is -0.146. The van der Waals surface area contributed by atoms with E-state index in [1.165, 1.54) is 14.2 Å². The first-order chi connectivity index (χ1) is 12.0. The van der Waals surface area contributed by atoms with E-state index in [-0.39, 0.29) is 5.91 Å². The number of amides is 1. The highest BCUT2D eigenvalue weighted by atomic mass is 127. The second kappa shape index (κ2) is 9.53. The number of hydrogen-bond donors (Lipinski definition) is 1. The highest BCUT2D eigenvalue weighted by Gasteiger charge is 2.27. The van der Waals surface area contributed by atoms with Crippen molar-refractivity contribution < 1.29 is 19.1 Å². The van der Waals surface area contributed by atoms with E-state index >= 15 is 0 Å². The highest BCUT2D eigenvalue weighted by molar-refractivity contribution is 14.1. The minimum Gasteiger partial charge on any atom is -0.467 e. The van der Waals surface area contributed by atoms with Crippen LogP contribution in [0.25, 0.3) is 0 Å². The van der Waals surface area contributed by atoms with E-state index in [1.807, 2.05) is 42.5 Å². The van der Waals surface area contributed by atoms with Crippen LogP contribution in [0.3, 0.4) is 0 Å². The fourth-order valence-corrected chi connectivity index (χ4v) is 2.82. The number of carbonyl (C=O) groups is 2. The van der Waals surface area contributed by atoms with Gasteiger partial charge in [0.1, 0.15) is 6.04 Å². The van der Waals surface area contributed by atoms with E-state index in [9.17, 15) is 9.59 Å². The molecular formula is C19H20INO4. The van der Waals surface area contributed by atoms with Crippen molar-refractivity contribution in [2.24, 2.45) is 0 Å². The van der Waals surface area contributed by atoms with Crippen molar-refractivity contribution in [1.82, 2.24) is 5.32 Å². The molecule has 2 atom stereocenters. The van der Waals surface area contributed by atoms with Crippen molar-refractivity contribution in [1.29, 1.82) is 0 Å². The predicted octanol–water partition coefficient (Wildman–Crippen LogP) is 2.88. The van der Waals surface area contributed by atoms with Crippen molar-refractivity contribution in [3.05, 3.63) is 69.3 Å². The molecule has 0 spiro atoms. The van der Waals surface area contributed by atoms with E-state index in [1.54, 1.807) is 12.1 Å². The number of rotatable bonds is 7. The third-order valence-corrected chi connectivity index (χ3v) is 4.45. The van der Waals surface area contributed by atoms with Gasteiger partial charge in [-0.25, -0.2) is 4.79 Å². The Morgan fingerprint density at radius 2 is 1.68 bits per heavy atom. The molecule has 0 fully saturated rings. The van der Waals surface area contributed by atoms with Crippen molar-refractivity contribution in [2.75, 3.05) is 14.2 Å². The molecule has 25 heavy (non-hydrogen) atoms. The van der Waals surface area contributed by atoms with E-state index in [0.717, 1.165) is 14.7 Å². The summed E-state index contributed by atoms with van der Waals surface area (Å²) in [6, 6.07) is 16.1. The van der Waals surface area contributed by atoms with Crippen molar-refractivity contribution in [2.45, 2.75) is 18.6 Å². The molecule has 5 nitrogen and oxygen atoms in total. The Morgan fingerprint density at radius 3 is 2.24 bits per heavy atom. The summed E-state index contributed by atoms with van der Waals surface area (Å²) in [5, 5.41) is 2.74. The van der Waals surface area contributed by atoms with Crippen molar-refractivity contribution in [3.8, 4) is 0 Å². The highest BCUT2D eigenvalue weighted by Crippen LogP contribution is 2.17. The fraction of sp³-hybridized carbons (Fsp3) is 0.263. The van der Waals surface area contributed by atoms with Crippen molar-refractivity contribution in [3.63, 3.8) is 0 Å². The van der Waals surface area contributed by atoms with Gasteiger partial charge in [-0.15, -0.1) is 0 Å². The maximum absolute atomic E-state index is 12.6. The monoisotopic (exact) mass is 453 g/mol. The van der Waals surface area contributed by atoms with Gasteiger partial charge >= 0.3 is 5.97 Å². The third kappa shape index (κ3) is 5.54. The van der Waals surface area contributed by atoms with Gasteiger partial charge in [-0.2, -0.15) is 0 Å². The molecule has 6 heteroatoms. The quantitative estimate of drug-likeness (QED) is 0.518. The largest absolute Gasteiger partial charge is 0.467 e. The number of hydrogen-bond acceptors (Lipinski definition) is 4. The van der Waals surface area contributed by atoms with E-state index in [2.05, 4.69) is 27.9 Å². The lowest BCUT2D eigenvalue weighted by Crippen LogP contribution is -2.45. The molecule has 0 bridgehead atoms. The molecule has 0 unspecified atom stereocenters. The van der Waals surface area contributed by atoms with Crippen LogP contribution in [-0.2, 0) is 25.5 Å². The van der Waals surface area contributed by atoms with Crippen LogP contribution in [0.5, 0.6) is 0 Å². The second-order valence-electron chi connectivity index (χ2n) is 5.44. The Kier molecular flexibility index (Phi) is 7.39. The zero-order valence-corrected chi connectivity index (χ0v) is 16.2. The first kappa shape index (κ1) is 19.4. The summed E-state index contributed by atoms with van der Waals surface area (Å²) in [6.07, 6.45) is -0.439. The van der Waals surface area contributed by atoms with Crippen LogP contribution in [0.1, 0.15) is 17.2 Å². The molecule has 2 aromatic carbocycles. The average molecular weight is 453 g/mol. The molecule has 0 aliphatic carbocycles. The molecule has 0 saturated carbocycles. The predicted molar refractivity (Wildman–Crippen MR) is 103 cm³/mol. The Labute approximate surface area is 160 Å². The molecule has 0 aliphatic rings. The molecule has 0 saturated heterocycles. The molecule has 2 aromatic rings. The van der Waals surface area contributed by atoms with Crippen LogP contribution >= 0.6 is 22.6 Å². The van der Waals surface area contributed by atoms with E-state index in [4.69, 9.17) is 9.47 Å². The first-order valence-corrected chi connectivity index (χ1v) is 8.83. The Balaban J connectivity index is 2.13. The van der Waals surface area contributed by atoms with Crippen LogP contribution in [0.2, 0.25) is 0 Å². The van der Waals surface area contributed by atoms with Crippen LogP contribution in [0.15, 0.2) is 54.6 Å². The Bertz CT molecular complexity index is 703. The van der Waals surface area contributed by atoms with Gasteiger partial charge < -0.3 is 14.8 Å². The molecule has 0 radical (unpaired) electrons. The van der Waals surface area contributed by atoms with Gasteiger partial charge in [0.25, 0.3) is 5.91 Å². The van der Waals surface area contributed by atoms with Crippen LogP contribution in [0, 0.1) is 3.57 Å².